The van der Waals surface area contributed by atoms with Gasteiger partial charge in [0.1, 0.15) is 0 Å². The van der Waals surface area contributed by atoms with E-state index in [2.05, 4.69) is 0 Å². The molecular weight excluding hydrogens is 338 g/mol. The molecule has 8 nitrogen and oxygen atoms in total. The lowest BCUT2D eigenvalue weighted by molar-refractivity contribution is -0.205. The zero-order chi connectivity index (χ0) is 18.0. The van der Waals surface area contributed by atoms with Crippen LogP contribution >= 0.6 is 0 Å². The van der Waals surface area contributed by atoms with Gasteiger partial charge in [-0.15, -0.1) is 5.06 Å². The van der Waals surface area contributed by atoms with Crippen LogP contribution in [0.25, 0.3) is 0 Å². The van der Waals surface area contributed by atoms with Crippen molar-refractivity contribution in [3.05, 3.63) is 0 Å². The summed E-state index contributed by atoms with van der Waals surface area (Å²) in [6.07, 6.45) is 6.40. The van der Waals surface area contributed by atoms with Gasteiger partial charge in [-0.3, -0.25) is 14.1 Å². The highest BCUT2D eigenvalue weighted by molar-refractivity contribution is 7.87. The molecule has 0 bridgehead atoms. The Balaban J connectivity index is 2.09. The average Bonchev–Trinajstić information content (AvgIpc) is 2.83. The fraction of sp³-hybridized carbons (Fsp3) is 0.800. The predicted octanol–water partition coefficient (Wildman–Crippen LogP) is 1.60. The van der Waals surface area contributed by atoms with Gasteiger partial charge in [0.25, 0.3) is 21.9 Å². The molecule has 0 aromatic heterocycles. The van der Waals surface area contributed by atoms with Crippen LogP contribution in [-0.4, -0.2) is 41.1 Å². The summed E-state index contributed by atoms with van der Waals surface area (Å²) < 4.78 is 31.2. The second-order valence-corrected chi connectivity index (χ2v) is 8.39. The molecule has 1 saturated heterocycles. The van der Waals surface area contributed by atoms with Crippen LogP contribution in [0.15, 0.2) is 0 Å². The van der Waals surface area contributed by atoms with Crippen molar-refractivity contribution < 1.29 is 32.2 Å². The highest BCUT2D eigenvalue weighted by Crippen LogP contribution is 2.35. The topological polar surface area (TPSA) is 118 Å². The van der Waals surface area contributed by atoms with Crippen LogP contribution in [0.2, 0.25) is 0 Å². The van der Waals surface area contributed by atoms with Crippen LogP contribution in [0, 0.1) is 5.41 Å². The van der Waals surface area contributed by atoms with Crippen molar-refractivity contribution >= 4 is 27.9 Å². The van der Waals surface area contributed by atoms with Crippen molar-refractivity contribution in [2.45, 2.75) is 70.0 Å². The fourth-order valence-electron chi connectivity index (χ4n) is 3.17. The van der Waals surface area contributed by atoms with Gasteiger partial charge in [0.05, 0.1) is 11.8 Å². The molecule has 2 fully saturated rings. The summed E-state index contributed by atoms with van der Waals surface area (Å²) in [4.78, 5) is 41.2. The Hall–Kier alpha value is -1.48. The molecule has 0 aromatic rings. The van der Waals surface area contributed by atoms with E-state index in [1.807, 2.05) is 0 Å². The summed E-state index contributed by atoms with van der Waals surface area (Å²) in [5, 5.41) is -1.70. The zero-order valence-electron chi connectivity index (χ0n) is 13.7. The molecule has 0 spiro atoms. The van der Waals surface area contributed by atoms with Gasteiger partial charge in [-0.25, -0.2) is 4.79 Å². The third kappa shape index (κ3) is 4.13. The monoisotopic (exact) mass is 361 g/mol. The number of nitrogens with zero attached hydrogens (tertiary/aromatic N) is 1. The second-order valence-electron chi connectivity index (χ2n) is 6.79. The third-order valence-corrected chi connectivity index (χ3v) is 5.88. The summed E-state index contributed by atoms with van der Waals surface area (Å²) in [6, 6.07) is 0. The van der Waals surface area contributed by atoms with Crippen molar-refractivity contribution in [2.75, 3.05) is 0 Å². The van der Waals surface area contributed by atoms with Crippen molar-refractivity contribution in [2.24, 2.45) is 5.41 Å². The molecule has 1 N–H and O–H groups in total. The maximum absolute atomic E-state index is 12.5. The van der Waals surface area contributed by atoms with E-state index in [1.165, 1.54) is 0 Å². The molecule has 0 radical (unpaired) electrons. The van der Waals surface area contributed by atoms with Gasteiger partial charge in [-0.05, 0) is 19.8 Å². The van der Waals surface area contributed by atoms with Crippen LogP contribution < -0.4 is 0 Å². The molecule has 1 aliphatic carbocycles. The van der Waals surface area contributed by atoms with Crippen LogP contribution in [0.5, 0.6) is 0 Å². The van der Waals surface area contributed by atoms with Gasteiger partial charge in [-0.2, -0.15) is 8.42 Å². The number of carbonyl (C=O) groups is 3. The second kappa shape index (κ2) is 7.18. The molecular formula is C15H23NO7S. The minimum atomic E-state index is -4.71. The van der Waals surface area contributed by atoms with Crippen molar-refractivity contribution in [1.29, 1.82) is 0 Å². The van der Waals surface area contributed by atoms with E-state index in [0.717, 1.165) is 38.5 Å². The van der Waals surface area contributed by atoms with Crippen molar-refractivity contribution in [1.82, 2.24) is 5.06 Å². The van der Waals surface area contributed by atoms with Crippen molar-refractivity contribution in [3.8, 4) is 0 Å². The van der Waals surface area contributed by atoms with Gasteiger partial charge in [0.2, 0.25) is 0 Å². The van der Waals surface area contributed by atoms with Crippen LogP contribution in [0.1, 0.15) is 64.7 Å². The first-order chi connectivity index (χ1) is 11.1. The minimum absolute atomic E-state index is 0.193. The highest BCUT2D eigenvalue weighted by Gasteiger charge is 2.49. The SMILES string of the molecule is CC1(C(=O)ON2C(=O)CC(S(=O)(=O)O)C2=O)CCCCCCCC1. The Labute approximate surface area is 141 Å². The largest absolute Gasteiger partial charge is 0.338 e. The Kier molecular flexibility index (Phi) is 5.64. The lowest BCUT2D eigenvalue weighted by Gasteiger charge is -2.28. The van der Waals surface area contributed by atoms with Gasteiger partial charge in [-0.1, -0.05) is 38.5 Å². The summed E-state index contributed by atoms with van der Waals surface area (Å²) in [7, 11) is -4.71. The number of hydrogen-bond donors (Lipinski definition) is 1. The summed E-state index contributed by atoms with van der Waals surface area (Å²) >= 11 is 0. The standard InChI is InChI=1S/C15H23NO7S/c1-15(8-6-4-2-3-5-7-9-15)14(19)23-16-12(17)10-11(13(16)18)24(20,21)22/h11H,2-10H2,1H3,(H,20,21,22). The third-order valence-electron chi connectivity index (χ3n) is 4.80. The molecule has 1 saturated carbocycles. The first-order valence-electron chi connectivity index (χ1n) is 8.21. The number of amides is 2. The Morgan fingerprint density at radius 1 is 1.12 bits per heavy atom. The molecule has 9 heteroatoms. The lowest BCUT2D eigenvalue weighted by atomic mass is 9.81. The number of hydroxylamine groups is 2. The maximum Gasteiger partial charge on any atom is 0.338 e. The van der Waals surface area contributed by atoms with Gasteiger partial charge in [0.15, 0.2) is 5.25 Å². The first-order valence-corrected chi connectivity index (χ1v) is 9.71. The Morgan fingerprint density at radius 2 is 1.62 bits per heavy atom. The molecule has 2 aliphatic rings. The quantitative estimate of drug-likeness (QED) is 0.599. The molecule has 2 amide bonds. The van der Waals surface area contributed by atoms with Gasteiger partial charge in [0, 0.05) is 0 Å². The lowest BCUT2D eigenvalue weighted by Crippen LogP contribution is -2.41. The number of rotatable bonds is 3. The first kappa shape index (κ1) is 18.9. The van der Waals surface area contributed by atoms with E-state index in [-0.39, 0.29) is 5.06 Å². The van der Waals surface area contributed by atoms with E-state index in [9.17, 15) is 22.8 Å². The fourth-order valence-corrected chi connectivity index (χ4v) is 3.87. The molecule has 1 unspecified atom stereocenters. The molecule has 0 aromatic carbocycles. The number of hydrogen-bond acceptors (Lipinski definition) is 6. The molecule has 2 rings (SSSR count). The summed E-state index contributed by atoms with van der Waals surface area (Å²) in [5.41, 5.74) is -0.818. The van der Waals surface area contributed by atoms with Crippen molar-refractivity contribution in [3.63, 3.8) is 0 Å². The molecule has 24 heavy (non-hydrogen) atoms. The molecule has 1 heterocycles. The normalized spacial score (nSPS) is 25.8. The molecule has 1 atom stereocenters. The van der Waals surface area contributed by atoms with E-state index in [4.69, 9.17) is 9.39 Å². The van der Waals surface area contributed by atoms with Crippen LogP contribution in [0.3, 0.4) is 0 Å². The minimum Gasteiger partial charge on any atom is -0.330 e. The zero-order valence-corrected chi connectivity index (χ0v) is 14.5. The maximum atomic E-state index is 12.5. The van der Waals surface area contributed by atoms with Gasteiger partial charge >= 0.3 is 5.97 Å². The highest BCUT2D eigenvalue weighted by atomic mass is 32.2. The van der Waals surface area contributed by atoms with E-state index >= 15 is 0 Å². The van der Waals surface area contributed by atoms with E-state index in [0.29, 0.717) is 12.8 Å². The Morgan fingerprint density at radius 3 is 2.08 bits per heavy atom. The van der Waals surface area contributed by atoms with E-state index < -0.39 is 45.0 Å². The molecule has 1 aliphatic heterocycles. The number of carbonyl (C=O) groups excluding carboxylic acids is 3. The Bertz CT molecular complexity index is 618. The van der Waals surface area contributed by atoms with E-state index in [1.54, 1.807) is 6.92 Å². The smallest absolute Gasteiger partial charge is 0.330 e. The molecule has 136 valence electrons. The van der Waals surface area contributed by atoms with Crippen LogP contribution in [-0.2, 0) is 29.3 Å². The van der Waals surface area contributed by atoms with Gasteiger partial charge < -0.3 is 4.84 Å². The average molecular weight is 361 g/mol. The summed E-state index contributed by atoms with van der Waals surface area (Å²) in [5.74, 6) is -2.87. The summed E-state index contributed by atoms with van der Waals surface area (Å²) in [6.45, 7) is 1.74. The number of imide groups is 1. The van der Waals surface area contributed by atoms with Crippen LogP contribution in [0.4, 0.5) is 0 Å². The predicted molar refractivity (Wildman–Crippen MR) is 82.9 cm³/mol.